The summed E-state index contributed by atoms with van der Waals surface area (Å²) < 4.78 is 5.16. The van der Waals surface area contributed by atoms with Gasteiger partial charge in [0.05, 0.1) is 31.6 Å². The van der Waals surface area contributed by atoms with Gasteiger partial charge in [-0.2, -0.15) is 0 Å². The van der Waals surface area contributed by atoms with Crippen molar-refractivity contribution in [1.29, 1.82) is 0 Å². The first kappa shape index (κ1) is 31.8. The molecule has 0 amide bonds. The number of phenolic OH excluding ortho intramolecular Hbond substituents is 1. The Morgan fingerprint density at radius 1 is 0.975 bits per heavy atom. The van der Waals surface area contributed by atoms with E-state index in [1.54, 1.807) is 19.2 Å². The quantitative estimate of drug-likeness (QED) is 0.157. The number of aromatic amines is 1. The highest BCUT2D eigenvalue weighted by atomic mass is 16.5. The lowest BCUT2D eigenvalue weighted by atomic mass is 9.96. The SMILES string of the molecule is COc1ccc(C[C@@H](C)NC[C@H](O)c2ccc(O)c3[nH]c(=O)ccc23)cc1.O=C(O)CC(O)(CC(=O)O)C(=O)O. The standard InChI is InChI=1S/C21H24N2O4.C6H8O7/c1-13(11-14-3-5-15(27-2)6-4-14)22-12-19(25)16-7-9-18(24)21-17(16)8-10-20(26)23-21;7-3(8)1-6(13,5(11)12)2-4(9)10/h3-10,13,19,22,24-25H,11-12H2,1-2H3,(H,23,26);13H,1-2H2,(H,7,8)(H,9,10)(H,11,12)/t13-,19+;/m1./s1. The van der Waals surface area contributed by atoms with Crippen molar-refractivity contribution in [2.45, 2.75) is 43.9 Å². The molecular formula is C27H32N2O11. The first-order valence-electron chi connectivity index (χ1n) is 12.0. The molecule has 0 saturated heterocycles. The third-order valence-corrected chi connectivity index (χ3v) is 5.91. The third-order valence-electron chi connectivity index (χ3n) is 5.91. The molecule has 0 unspecified atom stereocenters. The van der Waals surface area contributed by atoms with Crippen LogP contribution in [0.4, 0.5) is 0 Å². The van der Waals surface area contributed by atoms with E-state index < -0.39 is 42.5 Å². The van der Waals surface area contributed by atoms with Crippen LogP contribution in [0.3, 0.4) is 0 Å². The number of hydrogen-bond acceptors (Lipinski definition) is 9. The number of aromatic hydroxyl groups is 1. The summed E-state index contributed by atoms with van der Waals surface area (Å²) in [7, 11) is 1.64. The van der Waals surface area contributed by atoms with E-state index in [-0.39, 0.29) is 17.4 Å². The van der Waals surface area contributed by atoms with E-state index in [1.165, 1.54) is 17.7 Å². The van der Waals surface area contributed by atoms with E-state index in [9.17, 15) is 29.4 Å². The first-order chi connectivity index (χ1) is 18.7. The number of nitrogens with one attached hydrogen (secondary N) is 2. The number of aliphatic carboxylic acids is 3. The average Bonchev–Trinajstić information content (AvgIpc) is 2.87. The Bertz CT molecular complexity index is 1370. The molecule has 0 aliphatic heterocycles. The van der Waals surface area contributed by atoms with Gasteiger partial charge in [0, 0.05) is 24.0 Å². The summed E-state index contributed by atoms with van der Waals surface area (Å²) in [5.41, 5.74) is -0.861. The second-order valence-corrected chi connectivity index (χ2v) is 9.14. The zero-order valence-electron chi connectivity index (χ0n) is 21.8. The van der Waals surface area contributed by atoms with Gasteiger partial charge in [0.1, 0.15) is 11.5 Å². The summed E-state index contributed by atoms with van der Waals surface area (Å²) in [5, 5.41) is 58.3. The van der Waals surface area contributed by atoms with Crippen LogP contribution in [-0.2, 0) is 20.8 Å². The van der Waals surface area contributed by atoms with Gasteiger partial charge >= 0.3 is 17.9 Å². The Kier molecular flexibility index (Phi) is 11.2. The molecule has 8 N–H and O–H groups in total. The second kappa shape index (κ2) is 14.1. The summed E-state index contributed by atoms with van der Waals surface area (Å²) in [6, 6.07) is 14.2. The smallest absolute Gasteiger partial charge is 0.336 e. The number of rotatable bonds is 12. The molecule has 3 aromatic rings. The van der Waals surface area contributed by atoms with Gasteiger partial charge in [-0.1, -0.05) is 18.2 Å². The summed E-state index contributed by atoms with van der Waals surface area (Å²) >= 11 is 0. The predicted octanol–water partition coefficient (Wildman–Crippen LogP) is 1.25. The van der Waals surface area contributed by atoms with E-state index in [0.717, 1.165) is 12.2 Å². The fourth-order valence-corrected chi connectivity index (χ4v) is 3.87. The topological polar surface area (TPSA) is 227 Å². The van der Waals surface area contributed by atoms with Crippen LogP contribution < -0.4 is 15.6 Å². The third kappa shape index (κ3) is 9.08. The molecule has 216 valence electrons. The minimum atomic E-state index is -2.74. The van der Waals surface area contributed by atoms with E-state index in [1.807, 2.05) is 24.3 Å². The van der Waals surface area contributed by atoms with Gasteiger partial charge in [-0.05, 0) is 48.7 Å². The fraction of sp³-hybridized carbons (Fsp3) is 0.333. The van der Waals surface area contributed by atoms with Gasteiger partial charge in [-0.25, -0.2) is 4.79 Å². The molecular weight excluding hydrogens is 528 g/mol. The molecule has 13 heteroatoms. The maximum atomic E-state index is 11.5. The number of H-pyrrole nitrogens is 1. The molecule has 1 aromatic heterocycles. The number of carboxylic acids is 3. The van der Waals surface area contributed by atoms with Gasteiger partial charge in [0.15, 0.2) is 5.60 Å². The predicted molar refractivity (Wildman–Crippen MR) is 142 cm³/mol. The Morgan fingerprint density at radius 3 is 2.10 bits per heavy atom. The van der Waals surface area contributed by atoms with Crippen molar-refractivity contribution in [2.75, 3.05) is 13.7 Å². The Balaban J connectivity index is 0.000000366. The second-order valence-electron chi connectivity index (χ2n) is 9.14. The van der Waals surface area contributed by atoms with Gasteiger partial charge < -0.3 is 45.7 Å². The number of aliphatic hydroxyl groups is 2. The van der Waals surface area contributed by atoms with Gasteiger partial charge in [-0.15, -0.1) is 0 Å². The number of hydrogen-bond donors (Lipinski definition) is 8. The van der Waals surface area contributed by atoms with E-state index in [4.69, 9.17) is 25.2 Å². The number of ether oxygens (including phenoxy) is 1. The molecule has 0 aliphatic rings. The minimum absolute atomic E-state index is 0.0144. The lowest BCUT2D eigenvalue weighted by molar-refractivity contribution is -0.170. The normalized spacial score (nSPS) is 12.6. The molecule has 0 fully saturated rings. The number of pyridine rings is 1. The summed E-state index contributed by atoms with van der Waals surface area (Å²) in [4.78, 5) is 44.6. The zero-order chi connectivity index (χ0) is 30.0. The largest absolute Gasteiger partial charge is 0.506 e. The summed E-state index contributed by atoms with van der Waals surface area (Å²) in [6.45, 7) is 2.42. The molecule has 0 spiro atoms. The van der Waals surface area contributed by atoms with Crippen molar-refractivity contribution >= 4 is 28.8 Å². The maximum Gasteiger partial charge on any atom is 0.336 e. The number of methoxy groups -OCH3 is 1. The lowest BCUT2D eigenvalue weighted by Gasteiger charge is -2.19. The molecule has 1 heterocycles. The highest BCUT2D eigenvalue weighted by molar-refractivity contribution is 5.88. The van der Waals surface area contributed by atoms with Crippen molar-refractivity contribution in [3.8, 4) is 11.5 Å². The average molecular weight is 561 g/mol. The number of fused-ring (bicyclic) bond motifs is 1. The minimum Gasteiger partial charge on any atom is -0.506 e. The lowest BCUT2D eigenvalue weighted by Crippen LogP contribution is -2.42. The van der Waals surface area contributed by atoms with Crippen LogP contribution in [0.25, 0.3) is 10.9 Å². The van der Waals surface area contributed by atoms with E-state index in [2.05, 4.69) is 17.2 Å². The first-order valence-corrected chi connectivity index (χ1v) is 12.0. The molecule has 2 aromatic carbocycles. The van der Waals surface area contributed by atoms with E-state index >= 15 is 0 Å². The molecule has 0 aliphatic carbocycles. The molecule has 40 heavy (non-hydrogen) atoms. The van der Waals surface area contributed by atoms with Crippen molar-refractivity contribution in [3.63, 3.8) is 0 Å². The maximum absolute atomic E-state index is 11.5. The number of benzene rings is 2. The molecule has 2 atom stereocenters. The Morgan fingerprint density at radius 2 is 1.57 bits per heavy atom. The summed E-state index contributed by atoms with van der Waals surface area (Å²) in [6.07, 6.45) is -2.23. The Labute approximate surface area is 228 Å². The monoisotopic (exact) mass is 560 g/mol. The molecule has 0 saturated carbocycles. The van der Waals surface area contributed by atoms with Crippen molar-refractivity contribution in [2.24, 2.45) is 0 Å². The summed E-state index contributed by atoms with van der Waals surface area (Å²) in [5.74, 6) is -4.21. The zero-order valence-corrected chi connectivity index (χ0v) is 21.8. The molecule has 0 radical (unpaired) electrons. The van der Waals surface area contributed by atoms with Crippen LogP contribution in [0.2, 0.25) is 0 Å². The van der Waals surface area contributed by atoms with Crippen LogP contribution in [0.1, 0.15) is 37.0 Å². The highest BCUT2D eigenvalue weighted by Crippen LogP contribution is 2.28. The van der Waals surface area contributed by atoms with Crippen LogP contribution >= 0.6 is 0 Å². The number of carbonyl (C=O) groups is 3. The van der Waals surface area contributed by atoms with Gasteiger partial charge in [0.2, 0.25) is 5.56 Å². The van der Waals surface area contributed by atoms with Crippen LogP contribution in [0, 0.1) is 0 Å². The van der Waals surface area contributed by atoms with Crippen LogP contribution in [0.5, 0.6) is 11.5 Å². The molecule has 0 bridgehead atoms. The number of aliphatic hydroxyl groups excluding tert-OH is 1. The molecule has 13 nitrogen and oxygen atoms in total. The van der Waals surface area contributed by atoms with Crippen molar-refractivity contribution < 1.29 is 49.8 Å². The van der Waals surface area contributed by atoms with Crippen LogP contribution in [-0.4, -0.2) is 78.8 Å². The number of carboxylic acid groups (broad SMARTS) is 3. The van der Waals surface area contributed by atoms with E-state index in [0.29, 0.717) is 23.0 Å². The van der Waals surface area contributed by atoms with Crippen molar-refractivity contribution in [1.82, 2.24) is 10.3 Å². The van der Waals surface area contributed by atoms with Gasteiger partial charge in [0.25, 0.3) is 0 Å². The van der Waals surface area contributed by atoms with Crippen LogP contribution in [0.15, 0.2) is 53.3 Å². The number of aromatic nitrogens is 1. The Hall–Kier alpha value is -4.46. The van der Waals surface area contributed by atoms with Gasteiger partial charge in [-0.3, -0.25) is 14.4 Å². The van der Waals surface area contributed by atoms with Crippen molar-refractivity contribution in [3.05, 3.63) is 70.0 Å². The number of phenols is 1. The molecule has 3 rings (SSSR count). The fourth-order valence-electron chi connectivity index (χ4n) is 3.87. The highest BCUT2D eigenvalue weighted by Gasteiger charge is 2.40.